The second kappa shape index (κ2) is 4.78. The van der Waals surface area contributed by atoms with Gasteiger partial charge in [-0.05, 0) is 18.6 Å². The van der Waals surface area contributed by atoms with Gasteiger partial charge in [-0.25, -0.2) is 0 Å². The Bertz CT molecular complexity index is 510. The van der Waals surface area contributed by atoms with E-state index in [2.05, 4.69) is 0 Å². The molecule has 0 saturated heterocycles. The van der Waals surface area contributed by atoms with Crippen molar-refractivity contribution in [1.29, 1.82) is 0 Å². The molecule has 3 heteroatoms. The number of ether oxygens (including phenoxy) is 1. The zero-order valence-electron chi connectivity index (χ0n) is 9.47. The number of allylic oxidation sites excluding steroid dienone is 3. The SMILES string of the molecule is CC1=CC(=O)C=C(OCc2ccccc2)C1=O. The average molecular weight is 228 g/mol. The molecular weight excluding hydrogens is 216 g/mol. The lowest BCUT2D eigenvalue weighted by Crippen LogP contribution is -2.14. The molecule has 3 nitrogen and oxygen atoms in total. The lowest BCUT2D eigenvalue weighted by atomic mass is 10.0. The maximum absolute atomic E-state index is 11.7. The van der Waals surface area contributed by atoms with Gasteiger partial charge >= 0.3 is 0 Å². The normalized spacial score (nSPS) is 15.4. The van der Waals surface area contributed by atoms with Crippen molar-refractivity contribution in [1.82, 2.24) is 0 Å². The summed E-state index contributed by atoms with van der Waals surface area (Å²) in [5.41, 5.74) is 1.38. The summed E-state index contributed by atoms with van der Waals surface area (Å²) in [7, 11) is 0. The van der Waals surface area contributed by atoms with Crippen molar-refractivity contribution >= 4 is 11.6 Å². The zero-order chi connectivity index (χ0) is 12.3. The standard InChI is InChI=1S/C14H12O3/c1-10-7-12(15)8-13(14(10)16)17-9-11-5-3-2-4-6-11/h2-8H,9H2,1H3. The molecule has 0 N–H and O–H groups in total. The van der Waals surface area contributed by atoms with Gasteiger partial charge in [0.25, 0.3) is 0 Å². The Balaban J connectivity index is 2.05. The van der Waals surface area contributed by atoms with Crippen LogP contribution in [-0.2, 0) is 20.9 Å². The molecule has 0 amide bonds. The second-order valence-electron chi connectivity index (χ2n) is 3.84. The fourth-order valence-corrected chi connectivity index (χ4v) is 1.55. The average Bonchev–Trinajstić information content (AvgIpc) is 2.33. The fourth-order valence-electron chi connectivity index (χ4n) is 1.55. The first-order valence-corrected chi connectivity index (χ1v) is 5.32. The lowest BCUT2D eigenvalue weighted by molar-refractivity contribution is -0.118. The molecule has 0 bridgehead atoms. The number of ketones is 2. The predicted octanol–water partition coefficient (Wildman–Crippen LogP) is 2.19. The van der Waals surface area contributed by atoms with Crippen molar-refractivity contribution in [2.75, 3.05) is 0 Å². The number of benzene rings is 1. The molecular formula is C14H12O3. The van der Waals surface area contributed by atoms with Crippen molar-refractivity contribution in [2.24, 2.45) is 0 Å². The number of hydrogen-bond acceptors (Lipinski definition) is 3. The molecule has 2 rings (SSSR count). The van der Waals surface area contributed by atoms with E-state index in [9.17, 15) is 9.59 Å². The molecule has 1 aromatic carbocycles. The van der Waals surface area contributed by atoms with Crippen molar-refractivity contribution in [3.8, 4) is 0 Å². The van der Waals surface area contributed by atoms with Gasteiger partial charge in [0.1, 0.15) is 6.61 Å². The summed E-state index contributed by atoms with van der Waals surface area (Å²) in [4.78, 5) is 22.9. The number of Topliss-reactive ketones (excluding diaryl/α,β-unsaturated/α-hetero) is 1. The van der Waals surface area contributed by atoms with Crippen LogP contribution in [0, 0.1) is 0 Å². The van der Waals surface area contributed by atoms with E-state index in [0.717, 1.165) is 5.56 Å². The molecule has 0 unspecified atom stereocenters. The van der Waals surface area contributed by atoms with Crippen LogP contribution in [0.1, 0.15) is 12.5 Å². The van der Waals surface area contributed by atoms with Crippen LogP contribution in [0.2, 0.25) is 0 Å². The zero-order valence-corrected chi connectivity index (χ0v) is 9.47. The van der Waals surface area contributed by atoms with Crippen molar-refractivity contribution in [3.63, 3.8) is 0 Å². The van der Waals surface area contributed by atoms with E-state index in [1.165, 1.54) is 12.2 Å². The molecule has 0 saturated carbocycles. The summed E-state index contributed by atoms with van der Waals surface area (Å²) in [5, 5.41) is 0. The van der Waals surface area contributed by atoms with Gasteiger partial charge < -0.3 is 4.74 Å². The summed E-state index contributed by atoms with van der Waals surface area (Å²) in [6.07, 6.45) is 2.55. The monoisotopic (exact) mass is 228 g/mol. The van der Waals surface area contributed by atoms with Gasteiger partial charge in [0.05, 0.1) is 0 Å². The molecule has 0 aromatic heterocycles. The highest BCUT2D eigenvalue weighted by Gasteiger charge is 2.19. The van der Waals surface area contributed by atoms with E-state index in [1.807, 2.05) is 30.3 Å². The smallest absolute Gasteiger partial charge is 0.223 e. The molecule has 0 aliphatic heterocycles. The maximum atomic E-state index is 11.7. The Morgan fingerprint density at radius 2 is 1.76 bits per heavy atom. The Morgan fingerprint density at radius 3 is 2.47 bits per heavy atom. The number of rotatable bonds is 3. The largest absolute Gasteiger partial charge is 0.485 e. The summed E-state index contributed by atoms with van der Waals surface area (Å²) in [6, 6.07) is 9.50. The fraction of sp³-hybridized carbons (Fsp3) is 0.143. The van der Waals surface area contributed by atoms with Crippen molar-refractivity contribution in [3.05, 3.63) is 59.4 Å². The Kier molecular flexibility index (Phi) is 3.19. The van der Waals surface area contributed by atoms with Gasteiger partial charge in [-0.15, -0.1) is 0 Å². The minimum atomic E-state index is -0.222. The quantitative estimate of drug-likeness (QED) is 0.745. The van der Waals surface area contributed by atoms with Crippen LogP contribution >= 0.6 is 0 Å². The van der Waals surface area contributed by atoms with Gasteiger partial charge in [0.15, 0.2) is 11.5 Å². The molecule has 0 radical (unpaired) electrons. The summed E-state index contributed by atoms with van der Waals surface area (Å²) >= 11 is 0. The van der Waals surface area contributed by atoms with E-state index >= 15 is 0 Å². The Morgan fingerprint density at radius 1 is 1.06 bits per heavy atom. The van der Waals surface area contributed by atoms with Gasteiger partial charge in [0.2, 0.25) is 5.78 Å². The Labute approximate surface area is 99.4 Å². The molecule has 86 valence electrons. The van der Waals surface area contributed by atoms with Crippen LogP contribution in [0.15, 0.2) is 53.8 Å². The van der Waals surface area contributed by atoms with Gasteiger partial charge in [-0.2, -0.15) is 0 Å². The number of carbonyl (C=O) groups is 2. The van der Waals surface area contributed by atoms with Gasteiger partial charge in [0, 0.05) is 11.6 Å². The van der Waals surface area contributed by atoms with Crippen molar-refractivity contribution in [2.45, 2.75) is 13.5 Å². The third-order valence-corrected chi connectivity index (χ3v) is 2.45. The molecule has 0 heterocycles. The van der Waals surface area contributed by atoms with E-state index in [1.54, 1.807) is 6.92 Å². The topological polar surface area (TPSA) is 43.4 Å². The minimum absolute atomic E-state index is 0.124. The predicted molar refractivity (Wildman–Crippen MR) is 63.1 cm³/mol. The molecule has 1 aliphatic rings. The van der Waals surface area contributed by atoms with Crippen LogP contribution in [-0.4, -0.2) is 11.6 Å². The number of hydrogen-bond donors (Lipinski definition) is 0. The lowest BCUT2D eigenvalue weighted by Gasteiger charge is -2.12. The van der Waals surface area contributed by atoms with E-state index in [-0.39, 0.29) is 17.3 Å². The first-order valence-electron chi connectivity index (χ1n) is 5.32. The van der Waals surface area contributed by atoms with E-state index < -0.39 is 0 Å². The highest BCUT2D eigenvalue weighted by molar-refractivity contribution is 6.18. The highest BCUT2D eigenvalue weighted by Crippen LogP contribution is 2.15. The van der Waals surface area contributed by atoms with Crippen molar-refractivity contribution < 1.29 is 14.3 Å². The molecule has 0 atom stereocenters. The highest BCUT2D eigenvalue weighted by atomic mass is 16.5. The van der Waals surface area contributed by atoms with Crippen LogP contribution in [0.5, 0.6) is 0 Å². The van der Waals surface area contributed by atoms with Crippen LogP contribution in [0.25, 0.3) is 0 Å². The molecule has 17 heavy (non-hydrogen) atoms. The number of carbonyl (C=O) groups excluding carboxylic acids is 2. The summed E-state index contributed by atoms with van der Waals surface area (Å²) < 4.78 is 5.37. The van der Waals surface area contributed by atoms with Crippen LogP contribution < -0.4 is 0 Å². The van der Waals surface area contributed by atoms with Gasteiger partial charge in [-0.1, -0.05) is 30.3 Å². The third-order valence-electron chi connectivity index (χ3n) is 2.45. The molecule has 1 aliphatic carbocycles. The minimum Gasteiger partial charge on any atom is -0.485 e. The first kappa shape index (κ1) is 11.3. The van der Waals surface area contributed by atoms with E-state index in [0.29, 0.717) is 12.2 Å². The summed E-state index contributed by atoms with van der Waals surface area (Å²) in [5.74, 6) is -0.301. The molecule has 1 aromatic rings. The van der Waals surface area contributed by atoms with E-state index in [4.69, 9.17) is 4.74 Å². The molecule has 0 fully saturated rings. The van der Waals surface area contributed by atoms with Gasteiger partial charge in [-0.3, -0.25) is 9.59 Å². The third kappa shape index (κ3) is 2.69. The Hall–Kier alpha value is -2.16. The first-order chi connectivity index (χ1) is 8.16. The maximum Gasteiger partial charge on any atom is 0.223 e. The van der Waals surface area contributed by atoms with Crippen LogP contribution in [0.3, 0.4) is 0 Å². The summed E-state index contributed by atoms with van der Waals surface area (Å²) in [6.45, 7) is 1.90. The molecule has 0 spiro atoms. The second-order valence-corrected chi connectivity index (χ2v) is 3.84. The van der Waals surface area contributed by atoms with Crippen LogP contribution in [0.4, 0.5) is 0 Å².